The second-order valence-electron chi connectivity index (χ2n) is 9.64. The van der Waals surface area contributed by atoms with Crippen molar-refractivity contribution < 1.29 is 53.4 Å². The monoisotopic (exact) mass is 615 g/mol. The van der Waals surface area contributed by atoms with Crippen molar-refractivity contribution in [1.82, 2.24) is 31.9 Å². The van der Waals surface area contributed by atoms with Crippen LogP contribution in [0.25, 0.3) is 0 Å². The van der Waals surface area contributed by atoms with Gasteiger partial charge in [-0.1, -0.05) is 13.3 Å². The van der Waals surface area contributed by atoms with Crippen LogP contribution in [0.4, 0.5) is 0 Å². The van der Waals surface area contributed by atoms with Gasteiger partial charge in [-0.3, -0.25) is 44.3 Å². The normalized spacial score (nSPS) is 14.9. The molecule has 242 valence electrons. The van der Waals surface area contributed by atoms with E-state index in [-0.39, 0.29) is 43.9 Å². The van der Waals surface area contributed by atoms with E-state index in [9.17, 15) is 48.6 Å². The molecule has 18 heteroatoms. The Balaban J connectivity index is 2.31. The number of aliphatic hydroxyl groups is 2. The van der Waals surface area contributed by atoms with E-state index in [4.69, 9.17) is 5.73 Å². The summed E-state index contributed by atoms with van der Waals surface area (Å²) in [4.78, 5) is 99.3. The Labute approximate surface area is 247 Å². The lowest BCUT2D eigenvalue weighted by molar-refractivity contribution is -0.197. The molecular weight excluding hydrogens is 574 g/mol. The molecule has 1 saturated heterocycles. The zero-order valence-electron chi connectivity index (χ0n) is 24.0. The molecule has 0 aromatic rings. The molecule has 43 heavy (non-hydrogen) atoms. The minimum Gasteiger partial charge on any atom is -0.394 e. The molecule has 1 aliphatic rings. The van der Waals surface area contributed by atoms with Crippen molar-refractivity contribution in [3.63, 3.8) is 0 Å². The van der Waals surface area contributed by atoms with Gasteiger partial charge in [0.25, 0.3) is 17.7 Å². The first-order chi connectivity index (χ1) is 20.4. The van der Waals surface area contributed by atoms with Crippen LogP contribution in [0.5, 0.6) is 0 Å². The number of nitrogens with zero attached hydrogens (tertiary/aromatic N) is 1. The zero-order chi connectivity index (χ0) is 32.4. The number of nitrogens with two attached hydrogens (primary N) is 1. The van der Waals surface area contributed by atoms with Crippen molar-refractivity contribution in [2.24, 2.45) is 11.7 Å². The molecule has 0 spiro atoms. The van der Waals surface area contributed by atoms with Gasteiger partial charge < -0.3 is 31.4 Å². The van der Waals surface area contributed by atoms with Crippen LogP contribution < -0.4 is 32.5 Å². The summed E-state index contributed by atoms with van der Waals surface area (Å²) in [5.41, 5.74) is 10.7. The Morgan fingerprint density at radius 3 is 2.14 bits per heavy atom. The Morgan fingerprint density at radius 1 is 0.907 bits per heavy atom. The van der Waals surface area contributed by atoms with Gasteiger partial charge in [0.1, 0.15) is 12.1 Å². The van der Waals surface area contributed by atoms with E-state index < -0.39 is 73.3 Å². The molecule has 1 heterocycles. The van der Waals surface area contributed by atoms with Crippen LogP contribution in [0, 0.1) is 5.92 Å². The topological polar surface area (TPSA) is 276 Å². The molecular formula is C25H41N7O11. The molecule has 7 amide bonds. The van der Waals surface area contributed by atoms with E-state index in [1.54, 1.807) is 0 Å². The first-order valence-corrected chi connectivity index (χ1v) is 13.9. The molecule has 18 nitrogen and oxygen atoms in total. The number of amides is 7. The molecule has 0 aromatic carbocycles. The lowest BCUT2D eigenvalue weighted by Crippen LogP contribution is -2.55. The summed E-state index contributed by atoms with van der Waals surface area (Å²) in [6.45, 7) is 0.225. The van der Waals surface area contributed by atoms with E-state index in [2.05, 4.69) is 26.3 Å². The van der Waals surface area contributed by atoms with E-state index in [1.165, 1.54) is 0 Å². The number of aliphatic hydroxyl groups excluding tert-OH is 2. The number of carbonyl (C=O) groups excluding carboxylic acids is 8. The summed E-state index contributed by atoms with van der Waals surface area (Å²) < 4.78 is 0. The molecule has 0 radical (unpaired) electrons. The number of hydrazine groups is 1. The third-order valence-corrected chi connectivity index (χ3v) is 6.28. The molecule has 3 atom stereocenters. The summed E-state index contributed by atoms with van der Waals surface area (Å²) >= 11 is 0. The van der Waals surface area contributed by atoms with Gasteiger partial charge in [-0.2, -0.15) is 0 Å². The molecule has 0 aromatic heterocycles. The fraction of sp³-hybridized carbons (Fsp3) is 0.680. The highest BCUT2D eigenvalue weighted by molar-refractivity contribution is 6.02. The van der Waals surface area contributed by atoms with Crippen LogP contribution in [0.2, 0.25) is 0 Å². The van der Waals surface area contributed by atoms with Crippen molar-refractivity contribution in [1.29, 1.82) is 0 Å². The van der Waals surface area contributed by atoms with Crippen LogP contribution >= 0.6 is 0 Å². The minimum atomic E-state index is -1.53. The Morgan fingerprint density at radius 2 is 1.56 bits per heavy atom. The third-order valence-electron chi connectivity index (χ3n) is 6.28. The number of imide groups is 2. The predicted molar refractivity (Wildman–Crippen MR) is 145 cm³/mol. The average molecular weight is 616 g/mol. The van der Waals surface area contributed by atoms with Gasteiger partial charge >= 0.3 is 5.97 Å². The maximum atomic E-state index is 12.3. The molecule has 0 bridgehead atoms. The van der Waals surface area contributed by atoms with Crippen molar-refractivity contribution in [2.45, 2.75) is 76.8 Å². The van der Waals surface area contributed by atoms with E-state index in [0.717, 1.165) is 6.42 Å². The maximum absolute atomic E-state index is 12.3. The zero-order valence-corrected chi connectivity index (χ0v) is 24.0. The second-order valence-corrected chi connectivity index (χ2v) is 9.64. The molecule has 1 fully saturated rings. The average Bonchev–Trinajstić information content (AvgIpc) is 3.27. The summed E-state index contributed by atoms with van der Waals surface area (Å²) in [5, 5.41) is 25.7. The minimum absolute atomic E-state index is 0.0638. The third kappa shape index (κ3) is 14.1. The summed E-state index contributed by atoms with van der Waals surface area (Å²) in [5.74, 6) is -6.22. The highest BCUT2D eigenvalue weighted by atomic mass is 16.7. The lowest BCUT2D eigenvalue weighted by atomic mass is 9.99. The highest BCUT2D eigenvalue weighted by Gasteiger charge is 2.32. The van der Waals surface area contributed by atoms with Gasteiger partial charge in [0.05, 0.1) is 19.8 Å². The largest absolute Gasteiger partial charge is 0.394 e. The number of nitrogens with one attached hydrogen (secondary N) is 5. The summed E-state index contributed by atoms with van der Waals surface area (Å²) in [6, 6.07) is -2.63. The Kier molecular flexibility index (Phi) is 17.2. The molecule has 1 rings (SSSR count). The van der Waals surface area contributed by atoms with E-state index in [0.29, 0.717) is 30.9 Å². The van der Waals surface area contributed by atoms with Gasteiger partial charge in [0.2, 0.25) is 23.6 Å². The molecule has 0 unspecified atom stereocenters. The second kappa shape index (κ2) is 20.0. The molecule has 9 N–H and O–H groups in total. The fourth-order valence-electron chi connectivity index (χ4n) is 3.76. The first-order valence-electron chi connectivity index (χ1n) is 13.9. The van der Waals surface area contributed by atoms with Gasteiger partial charge in [-0.25, -0.2) is 10.2 Å². The summed E-state index contributed by atoms with van der Waals surface area (Å²) in [6.07, 6.45) is 1.82. The number of hydrogen-bond donors (Lipinski definition) is 8. The van der Waals surface area contributed by atoms with E-state index in [1.807, 2.05) is 12.2 Å². The smallest absolute Gasteiger partial charge is 0.333 e. The highest BCUT2D eigenvalue weighted by Crippen LogP contribution is 2.13. The van der Waals surface area contributed by atoms with Crippen molar-refractivity contribution in [3.8, 4) is 0 Å². The summed E-state index contributed by atoms with van der Waals surface area (Å²) in [7, 11) is 0. The Hall–Kier alpha value is -4.00. The van der Waals surface area contributed by atoms with Crippen LogP contribution in [-0.4, -0.2) is 101 Å². The molecule has 0 aliphatic carbocycles. The fourth-order valence-corrected chi connectivity index (χ4v) is 3.76. The van der Waals surface area contributed by atoms with Crippen LogP contribution in [-0.2, 0) is 43.2 Å². The first kappa shape index (κ1) is 37.0. The van der Waals surface area contributed by atoms with Gasteiger partial charge in [0.15, 0.2) is 0 Å². The standard InChI is InChI=1S/C25H41N7O11/c1-2-15(23(26)40)6-3-4-11-28-31-17(14-34)24(41)27-12-19(36)29-16(13-33)25(42)30-18(35)7-5-8-22(39)43-32-20(37)9-10-21(32)38/h15-17,28,31,33-34H,2-14H2,1H3,(H2,26,40)(H,27,41)(H,29,36)(H,30,35,42)/t15-,16-,17-/m0/s1. The van der Waals surface area contributed by atoms with Gasteiger partial charge in [0, 0.05) is 38.1 Å². The number of rotatable bonds is 21. The van der Waals surface area contributed by atoms with Gasteiger partial charge in [-0.05, 0) is 25.7 Å². The number of hydrogen-bond acceptors (Lipinski definition) is 13. The number of hydroxylamine groups is 2. The number of unbranched alkanes of at least 4 members (excludes halogenated alkanes) is 1. The van der Waals surface area contributed by atoms with Crippen LogP contribution in [0.1, 0.15) is 64.7 Å². The predicted octanol–water partition coefficient (Wildman–Crippen LogP) is -3.86. The quantitative estimate of drug-likeness (QED) is 0.0349. The van der Waals surface area contributed by atoms with Gasteiger partial charge in [-0.15, -0.1) is 5.06 Å². The van der Waals surface area contributed by atoms with E-state index >= 15 is 0 Å². The molecule has 1 aliphatic heterocycles. The van der Waals surface area contributed by atoms with Crippen molar-refractivity contribution in [3.05, 3.63) is 0 Å². The number of primary amides is 1. The Bertz CT molecular complexity index is 1010. The van der Waals surface area contributed by atoms with Crippen molar-refractivity contribution in [2.75, 3.05) is 26.3 Å². The maximum Gasteiger partial charge on any atom is 0.333 e. The SMILES string of the molecule is CC[C@@H](CCCCNN[C@@H](CO)C(=O)NCC(=O)N[C@@H](CO)C(=O)NC(=O)CCCC(=O)ON1C(=O)CCC1=O)C(N)=O. The number of carbonyl (C=O) groups is 8. The van der Waals surface area contributed by atoms with Crippen LogP contribution in [0.15, 0.2) is 0 Å². The van der Waals surface area contributed by atoms with Crippen molar-refractivity contribution >= 4 is 47.3 Å². The molecule has 0 saturated carbocycles. The lowest BCUT2D eigenvalue weighted by Gasteiger charge is -2.18. The van der Waals surface area contributed by atoms with Crippen LogP contribution in [0.3, 0.4) is 0 Å².